The number of para-hydroxylation sites is 1. The van der Waals surface area contributed by atoms with Crippen LogP contribution in [0.25, 0.3) is 10.9 Å². The Kier molecular flexibility index (Phi) is 4.89. The first-order valence-electron chi connectivity index (χ1n) is 10.1. The van der Waals surface area contributed by atoms with Crippen LogP contribution in [-0.2, 0) is 29.0 Å². The van der Waals surface area contributed by atoms with Crippen molar-refractivity contribution in [3.63, 3.8) is 0 Å². The van der Waals surface area contributed by atoms with Crippen molar-refractivity contribution in [1.29, 1.82) is 0 Å². The van der Waals surface area contributed by atoms with Crippen molar-refractivity contribution in [2.24, 2.45) is 5.92 Å². The molecule has 2 aromatic rings. The lowest BCUT2D eigenvalue weighted by Crippen LogP contribution is -2.40. The maximum absolute atomic E-state index is 12.6. The number of fused-ring (bicyclic) bond motifs is 3. The van der Waals surface area contributed by atoms with E-state index in [0.717, 1.165) is 39.0 Å². The SMILES string of the molecule is CC(C)(C)OC(=O)N1CCc2c(c3ccccc3n2CC2CCOCC2)C1. The molecule has 1 aromatic heterocycles. The molecule has 2 aliphatic rings. The van der Waals surface area contributed by atoms with E-state index in [9.17, 15) is 4.79 Å². The fourth-order valence-electron chi connectivity index (χ4n) is 4.28. The predicted octanol–water partition coefficient (Wildman–Crippen LogP) is 4.36. The molecule has 5 heteroatoms. The van der Waals surface area contributed by atoms with Crippen molar-refractivity contribution in [3.05, 3.63) is 35.5 Å². The second kappa shape index (κ2) is 7.19. The molecule has 2 aliphatic heterocycles. The Labute approximate surface area is 161 Å². The number of hydrogen-bond acceptors (Lipinski definition) is 3. The fourth-order valence-corrected chi connectivity index (χ4v) is 4.28. The average molecular weight is 370 g/mol. The van der Waals surface area contributed by atoms with Gasteiger partial charge in [0.2, 0.25) is 0 Å². The molecule has 1 saturated heterocycles. The molecule has 146 valence electrons. The summed E-state index contributed by atoms with van der Waals surface area (Å²) in [5, 5.41) is 1.27. The minimum Gasteiger partial charge on any atom is -0.444 e. The fraction of sp³-hybridized carbons (Fsp3) is 0.591. The van der Waals surface area contributed by atoms with E-state index >= 15 is 0 Å². The van der Waals surface area contributed by atoms with Crippen molar-refractivity contribution >= 4 is 17.0 Å². The topological polar surface area (TPSA) is 43.7 Å². The molecule has 0 atom stereocenters. The highest BCUT2D eigenvalue weighted by Crippen LogP contribution is 2.33. The van der Waals surface area contributed by atoms with Gasteiger partial charge in [-0.25, -0.2) is 4.79 Å². The number of benzene rings is 1. The van der Waals surface area contributed by atoms with Gasteiger partial charge < -0.3 is 18.9 Å². The molecule has 0 aliphatic carbocycles. The predicted molar refractivity (Wildman–Crippen MR) is 106 cm³/mol. The molecule has 3 heterocycles. The molecule has 0 unspecified atom stereocenters. The van der Waals surface area contributed by atoms with Crippen molar-refractivity contribution in [3.8, 4) is 0 Å². The molecule has 0 saturated carbocycles. The smallest absolute Gasteiger partial charge is 0.410 e. The van der Waals surface area contributed by atoms with E-state index in [1.807, 2.05) is 25.7 Å². The van der Waals surface area contributed by atoms with Crippen LogP contribution in [-0.4, -0.2) is 40.9 Å². The van der Waals surface area contributed by atoms with Gasteiger partial charge in [0.05, 0.1) is 6.54 Å². The first-order chi connectivity index (χ1) is 12.9. The van der Waals surface area contributed by atoms with E-state index in [1.165, 1.54) is 22.2 Å². The molecule has 0 radical (unpaired) electrons. The number of rotatable bonds is 2. The van der Waals surface area contributed by atoms with E-state index in [0.29, 0.717) is 19.0 Å². The normalized spacial score (nSPS) is 18.6. The van der Waals surface area contributed by atoms with Crippen LogP contribution in [0.2, 0.25) is 0 Å². The van der Waals surface area contributed by atoms with Gasteiger partial charge >= 0.3 is 6.09 Å². The number of aromatic nitrogens is 1. The van der Waals surface area contributed by atoms with Crippen LogP contribution in [0.15, 0.2) is 24.3 Å². The Hall–Kier alpha value is -2.01. The Morgan fingerprint density at radius 3 is 2.70 bits per heavy atom. The highest BCUT2D eigenvalue weighted by atomic mass is 16.6. The van der Waals surface area contributed by atoms with Crippen LogP contribution < -0.4 is 0 Å². The maximum Gasteiger partial charge on any atom is 0.410 e. The standard InChI is InChI=1S/C22H30N2O3/c1-22(2,3)27-21(25)23-11-8-20-18(15-23)17-6-4-5-7-19(17)24(20)14-16-9-12-26-13-10-16/h4-7,16H,8-15H2,1-3H3. The number of carbonyl (C=O) groups is 1. The van der Waals surface area contributed by atoms with Gasteiger partial charge in [-0.05, 0) is 45.6 Å². The lowest BCUT2D eigenvalue weighted by Gasteiger charge is -2.31. The van der Waals surface area contributed by atoms with Crippen molar-refractivity contribution in [1.82, 2.24) is 9.47 Å². The van der Waals surface area contributed by atoms with Gasteiger partial charge in [0, 0.05) is 54.9 Å². The van der Waals surface area contributed by atoms with Gasteiger partial charge in [0.15, 0.2) is 0 Å². The van der Waals surface area contributed by atoms with Gasteiger partial charge in [0.1, 0.15) is 5.60 Å². The van der Waals surface area contributed by atoms with E-state index in [1.54, 1.807) is 0 Å². The zero-order chi connectivity index (χ0) is 19.0. The minimum atomic E-state index is -0.464. The Morgan fingerprint density at radius 2 is 1.96 bits per heavy atom. The number of nitrogens with zero attached hydrogens (tertiary/aromatic N) is 2. The monoisotopic (exact) mass is 370 g/mol. The van der Waals surface area contributed by atoms with Crippen LogP contribution in [0.5, 0.6) is 0 Å². The van der Waals surface area contributed by atoms with Crippen LogP contribution in [0.1, 0.15) is 44.9 Å². The maximum atomic E-state index is 12.6. The van der Waals surface area contributed by atoms with Gasteiger partial charge in [-0.3, -0.25) is 0 Å². The van der Waals surface area contributed by atoms with Gasteiger partial charge in [-0.1, -0.05) is 18.2 Å². The molecule has 0 N–H and O–H groups in total. The van der Waals surface area contributed by atoms with Crippen molar-refractivity contribution in [2.75, 3.05) is 19.8 Å². The number of ether oxygens (including phenoxy) is 2. The molecule has 1 fully saturated rings. The zero-order valence-electron chi connectivity index (χ0n) is 16.7. The third kappa shape index (κ3) is 3.84. The molecule has 1 amide bonds. The van der Waals surface area contributed by atoms with E-state index in [-0.39, 0.29) is 6.09 Å². The summed E-state index contributed by atoms with van der Waals surface area (Å²) in [4.78, 5) is 14.4. The second-order valence-corrected chi connectivity index (χ2v) is 8.76. The summed E-state index contributed by atoms with van der Waals surface area (Å²) < 4.78 is 13.6. The Balaban J connectivity index is 1.63. The summed E-state index contributed by atoms with van der Waals surface area (Å²) in [7, 11) is 0. The third-order valence-electron chi connectivity index (χ3n) is 5.59. The molecule has 0 bridgehead atoms. The third-order valence-corrected chi connectivity index (χ3v) is 5.59. The summed E-state index contributed by atoms with van der Waals surface area (Å²) in [6, 6.07) is 8.60. The summed E-state index contributed by atoms with van der Waals surface area (Å²) >= 11 is 0. The Morgan fingerprint density at radius 1 is 1.22 bits per heavy atom. The van der Waals surface area contributed by atoms with Gasteiger partial charge in [0.25, 0.3) is 0 Å². The lowest BCUT2D eigenvalue weighted by atomic mass is 10.00. The largest absolute Gasteiger partial charge is 0.444 e. The number of carbonyl (C=O) groups excluding carboxylic acids is 1. The first kappa shape index (κ1) is 18.4. The quantitative estimate of drug-likeness (QED) is 0.789. The summed E-state index contributed by atoms with van der Waals surface area (Å²) in [6.45, 7) is 9.89. The molecular weight excluding hydrogens is 340 g/mol. The van der Waals surface area contributed by atoms with Crippen LogP contribution >= 0.6 is 0 Å². The Bertz CT molecular complexity index is 828. The number of hydrogen-bond donors (Lipinski definition) is 0. The van der Waals surface area contributed by atoms with Gasteiger partial charge in [-0.15, -0.1) is 0 Å². The molecule has 4 rings (SSSR count). The second-order valence-electron chi connectivity index (χ2n) is 8.76. The molecule has 27 heavy (non-hydrogen) atoms. The zero-order valence-corrected chi connectivity index (χ0v) is 16.7. The summed E-state index contributed by atoms with van der Waals surface area (Å²) in [6.07, 6.45) is 2.93. The molecule has 0 spiro atoms. The van der Waals surface area contributed by atoms with E-state index < -0.39 is 5.60 Å². The molecule has 5 nitrogen and oxygen atoms in total. The van der Waals surface area contributed by atoms with Crippen LogP contribution in [0.3, 0.4) is 0 Å². The summed E-state index contributed by atoms with van der Waals surface area (Å²) in [5.74, 6) is 0.669. The number of amides is 1. The first-order valence-corrected chi connectivity index (χ1v) is 10.1. The van der Waals surface area contributed by atoms with Crippen molar-refractivity contribution < 1.29 is 14.3 Å². The van der Waals surface area contributed by atoms with Crippen molar-refractivity contribution in [2.45, 2.75) is 58.7 Å². The van der Waals surface area contributed by atoms with Crippen LogP contribution in [0, 0.1) is 5.92 Å². The van der Waals surface area contributed by atoms with Gasteiger partial charge in [-0.2, -0.15) is 0 Å². The van der Waals surface area contributed by atoms with E-state index in [4.69, 9.17) is 9.47 Å². The highest BCUT2D eigenvalue weighted by molar-refractivity contribution is 5.86. The highest BCUT2D eigenvalue weighted by Gasteiger charge is 2.30. The summed E-state index contributed by atoms with van der Waals surface area (Å²) in [5.41, 5.74) is 3.51. The molecule has 1 aromatic carbocycles. The van der Waals surface area contributed by atoms with E-state index in [2.05, 4.69) is 28.8 Å². The molecular formula is C22H30N2O3. The van der Waals surface area contributed by atoms with Crippen LogP contribution in [0.4, 0.5) is 4.79 Å². The average Bonchev–Trinajstić information content (AvgIpc) is 2.95. The lowest BCUT2D eigenvalue weighted by molar-refractivity contribution is 0.0222. The minimum absolute atomic E-state index is 0.214.